The van der Waals surface area contributed by atoms with Crippen LogP contribution in [0.25, 0.3) is 11.3 Å². The number of aromatic nitrogens is 3. The van der Waals surface area contributed by atoms with E-state index in [-0.39, 0.29) is 0 Å². The van der Waals surface area contributed by atoms with E-state index in [1.165, 1.54) is 0 Å². The summed E-state index contributed by atoms with van der Waals surface area (Å²) < 4.78 is 7.30. The Kier molecular flexibility index (Phi) is 7.12. The van der Waals surface area contributed by atoms with Crippen LogP contribution in [0, 0.1) is 0 Å². The summed E-state index contributed by atoms with van der Waals surface area (Å²) in [5.74, 6) is 0. The fourth-order valence-corrected chi connectivity index (χ4v) is 5.77. The van der Waals surface area contributed by atoms with Gasteiger partial charge in [-0.15, -0.1) is 4.68 Å². The molecule has 4 rings (SSSR count). The Hall–Kier alpha value is -2.43. The lowest BCUT2D eigenvalue weighted by Crippen LogP contribution is -2.39. The monoisotopic (exact) mass is 472 g/mol. The molecule has 3 heterocycles. The molecule has 32 heavy (non-hydrogen) atoms. The molecule has 1 aliphatic heterocycles. The number of hydrogen-bond acceptors (Lipinski definition) is 9. The van der Waals surface area contributed by atoms with E-state index >= 15 is 0 Å². The van der Waals surface area contributed by atoms with Gasteiger partial charge in [-0.3, -0.25) is 0 Å². The van der Waals surface area contributed by atoms with E-state index < -0.39 is 0 Å². The first kappa shape index (κ1) is 22.8. The predicted octanol–water partition coefficient (Wildman–Crippen LogP) is 4.97. The van der Waals surface area contributed by atoms with Crippen LogP contribution in [0.15, 0.2) is 40.6 Å². The molecule has 8 nitrogen and oxygen atoms in total. The van der Waals surface area contributed by atoms with Gasteiger partial charge in [0.1, 0.15) is 12.7 Å². The molecule has 0 aliphatic carbocycles. The Balaban J connectivity index is 1.67. The van der Waals surface area contributed by atoms with Crippen molar-refractivity contribution < 1.29 is 9.42 Å². The molecule has 1 fully saturated rings. The van der Waals surface area contributed by atoms with Crippen LogP contribution in [0.3, 0.4) is 0 Å². The van der Waals surface area contributed by atoms with E-state index in [2.05, 4.69) is 59.9 Å². The van der Waals surface area contributed by atoms with Gasteiger partial charge in [-0.25, -0.2) is 4.98 Å². The van der Waals surface area contributed by atoms with E-state index in [0.29, 0.717) is 12.1 Å². The molecule has 0 saturated carbocycles. The quantitative estimate of drug-likeness (QED) is 0.359. The van der Waals surface area contributed by atoms with E-state index in [0.717, 1.165) is 58.0 Å². The average molecular weight is 473 g/mol. The van der Waals surface area contributed by atoms with Gasteiger partial charge >= 0.3 is 5.13 Å². The largest absolute Gasteiger partial charge is 0.432 e. The molecule has 3 aromatic rings. The fraction of sp³-hybridized carbons (Fsp3) is 0.500. The number of benzene rings is 1. The number of aryl methyl sites for hydroxylation is 1. The van der Waals surface area contributed by atoms with E-state index in [4.69, 9.17) is 14.8 Å². The predicted molar refractivity (Wildman–Crippen MR) is 131 cm³/mol. The minimum atomic E-state index is 0.355. The van der Waals surface area contributed by atoms with Crippen molar-refractivity contribution in [3.8, 4) is 11.3 Å². The highest BCUT2D eigenvalue weighted by Gasteiger charge is 2.25. The molecule has 1 aliphatic rings. The first-order valence-corrected chi connectivity index (χ1v) is 12.5. The summed E-state index contributed by atoms with van der Waals surface area (Å²) in [6.07, 6.45) is 0. The van der Waals surface area contributed by atoms with Crippen LogP contribution >= 0.6 is 22.7 Å². The Labute approximate surface area is 197 Å². The number of rotatable bonds is 7. The molecule has 0 amide bonds. The van der Waals surface area contributed by atoms with Crippen LogP contribution in [0.2, 0.25) is 0 Å². The molecule has 170 valence electrons. The summed E-state index contributed by atoms with van der Waals surface area (Å²) in [6, 6.07) is 10.9. The smallest absolute Gasteiger partial charge is 0.378 e. The second-order valence-corrected chi connectivity index (χ2v) is 10.1. The Bertz CT molecular complexity index is 1050. The number of ether oxygens (including phenoxy) is 1. The third-order valence-corrected chi connectivity index (χ3v) is 7.19. The SMILES string of the molecule is CC(C)N(c1n[n+](C)c(N=Nc2sc(N3CCOCC3)nc2-c2ccccc2)s1)C(C)C. The zero-order valence-electron chi connectivity index (χ0n) is 19.2. The molecule has 2 aromatic heterocycles. The fourth-order valence-electron chi connectivity index (χ4n) is 3.70. The maximum Gasteiger partial charge on any atom is 0.432 e. The van der Waals surface area contributed by atoms with Crippen LogP contribution in [0.5, 0.6) is 0 Å². The zero-order chi connectivity index (χ0) is 22.7. The summed E-state index contributed by atoms with van der Waals surface area (Å²) in [6.45, 7) is 11.8. The third kappa shape index (κ3) is 4.97. The van der Waals surface area contributed by atoms with Gasteiger partial charge in [-0.2, -0.15) is 0 Å². The van der Waals surface area contributed by atoms with Gasteiger partial charge in [0, 0.05) is 30.7 Å². The summed E-state index contributed by atoms with van der Waals surface area (Å²) >= 11 is 3.13. The highest BCUT2D eigenvalue weighted by atomic mass is 32.1. The lowest BCUT2D eigenvalue weighted by Gasteiger charge is -2.28. The lowest BCUT2D eigenvalue weighted by molar-refractivity contribution is -0.712. The Morgan fingerprint density at radius 3 is 2.38 bits per heavy atom. The minimum absolute atomic E-state index is 0.355. The van der Waals surface area contributed by atoms with Crippen LogP contribution in [0.1, 0.15) is 27.7 Å². The average Bonchev–Trinajstić information content (AvgIpc) is 3.36. The normalized spacial score (nSPS) is 14.8. The number of thiazole rings is 1. The second-order valence-electron chi connectivity index (χ2n) is 8.20. The number of anilines is 2. The van der Waals surface area contributed by atoms with Crippen molar-refractivity contribution in [3.05, 3.63) is 30.3 Å². The van der Waals surface area contributed by atoms with Gasteiger partial charge in [0.15, 0.2) is 10.1 Å². The minimum Gasteiger partial charge on any atom is -0.378 e. The molecule has 0 spiro atoms. The highest BCUT2D eigenvalue weighted by molar-refractivity contribution is 7.20. The van der Waals surface area contributed by atoms with Crippen molar-refractivity contribution in [2.45, 2.75) is 39.8 Å². The summed E-state index contributed by atoms with van der Waals surface area (Å²) in [7, 11) is 1.91. The van der Waals surface area contributed by atoms with Crippen molar-refractivity contribution in [2.24, 2.45) is 17.3 Å². The molecular weight excluding hydrogens is 442 g/mol. The number of azo groups is 1. The lowest BCUT2D eigenvalue weighted by atomic mass is 10.2. The summed E-state index contributed by atoms with van der Waals surface area (Å²) in [5.41, 5.74) is 1.90. The summed E-state index contributed by atoms with van der Waals surface area (Å²) in [5, 5.41) is 17.4. The first-order valence-electron chi connectivity index (χ1n) is 10.9. The zero-order valence-corrected chi connectivity index (χ0v) is 20.9. The van der Waals surface area contributed by atoms with E-state index in [9.17, 15) is 0 Å². The molecular formula is C22H30N7OS2+. The van der Waals surface area contributed by atoms with Crippen molar-refractivity contribution in [2.75, 3.05) is 36.1 Å². The van der Waals surface area contributed by atoms with Crippen molar-refractivity contribution >= 4 is 43.1 Å². The molecule has 1 aromatic carbocycles. The third-order valence-electron chi connectivity index (χ3n) is 5.18. The van der Waals surface area contributed by atoms with Crippen molar-refractivity contribution in [3.63, 3.8) is 0 Å². The van der Waals surface area contributed by atoms with E-state index in [1.807, 2.05) is 25.2 Å². The molecule has 0 bridgehead atoms. The van der Waals surface area contributed by atoms with Gasteiger partial charge in [-0.1, -0.05) is 46.8 Å². The highest BCUT2D eigenvalue weighted by Crippen LogP contribution is 2.41. The topological polar surface area (TPSA) is 70.1 Å². The van der Waals surface area contributed by atoms with Crippen molar-refractivity contribution in [1.29, 1.82) is 0 Å². The molecule has 0 atom stereocenters. The van der Waals surface area contributed by atoms with Gasteiger partial charge in [0.2, 0.25) is 5.13 Å². The Morgan fingerprint density at radius 2 is 1.72 bits per heavy atom. The van der Waals surface area contributed by atoms with Gasteiger partial charge in [-0.05, 0) is 44.1 Å². The Morgan fingerprint density at radius 1 is 1.03 bits per heavy atom. The summed E-state index contributed by atoms with van der Waals surface area (Å²) in [4.78, 5) is 9.48. The van der Waals surface area contributed by atoms with Gasteiger partial charge < -0.3 is 14.5 Å². The molecule has 0 N–H and O–H groups in total. The molecule has 10 heteroatoms. The maximum absolute atomic E-state index is 5.50. The van der Waals surface area contributed by atoms with Crippen LogP contribution < -0.4 is 14.5 Å². The molecule has 1 saturated heterocycles. The maximum atomic E-state index is 5.50. The first-order chi connectivity index (χ1) is 15.4. The molecule has 0 radical (unpaired) electrons. The number of nitrogens with zero attached hydrogens (tertiary/aromatic N) is 7. The number of hydrogen-bond donors (Lipinski definition) is 0. The van der Waals surface area contributed by atoms with Crippen LogP contribution in [-0.4, -0.2) is 48.5 Å². The van der Waals surface area contributed by atoms with Gasteiger partial charge in [0.05, 0.1) is 18.3 Å². The van der Waals surface area contributed by atoms with E-state index in [1.54, 1.807) is 27.4 Å². The van der Waals surface area contributed by atoms with Crippen molar-refractivity contribution in [1.82, 2.24) is 10.1 Å². The van der Waals surface area contributed by atoms with Crippen LogP contribution in [-0.2, 0) is 11.8 Å². The van der Waals surface area contributed by atoms with Crippen LogP contribution in [0.4, 0.5) is 20.4 Å². The molecule has 0 unspecified atom stereocenters. The van der Waals surface area contributed by atoms with Gasteiger partial charge in [0.25, 0.3) is 0 Å². The second kappa shape index (κ2) is 10.0. The number of morpholine rings is 1. The standard InChI is InChI=1S/C22H30N7OS2/c1-15(2)29(16(3)4)22-26-27(5)21(32-22)25-24-19-18(17-9-7-6-8-10-17)23-20(31-19)28-11-13-30-14-12-28/h6-10,15-16H,11-14H2,1-5H3/q+1.